The summed E-state index contributed by atoms with van der Waals surface area (Å²) in [7, 11) is 0. The Hall–Kier alpha value is -3.86. The quantitative estimate of drug-likeness (QED) is 0.275. The van der Waals surface area contributed by atoms with Gasteiger partial charge in [-0.1, -0.05) is 54.6 Å². The molecule has 2 heterocycles. The van der Waals surface area contributed by atoms with Crippen molar-refractivity contribution < 1.29 is 4.92 Å². The number of aromatic nitrogens is 2. The van der Waals surface area contributed by atoms with E-state index < -0.39 is 0 Å². The number of aromatic amines is 2. The number of para-hydroxylation sites is 3. The number of rotatable bonds is 4. The van der Waals surface area contributed by atoms with Gasteiger partial charge in [0.25, 0.3) is 5.69 Å². The average Bonchev–Trinajstić information content (AvgIpc) is 3.26. The van der Waals surface area contributed by atoms with Gasteiger partial charge < -0.3 is 9.97 Å². The van der Waals surface area contributed by atoms with Gasteiger partial charge in [0.1, 0.15) is 0 Å². The molecule has 0 saturated heterocycles. The molecule has 1 atom stereocenters. The van der Waals surface area contributed by atoms with Crippen LogP contribution in [-0.2, 0) is 0 Å². The van der Waals surface area contributed by atoms with Crippen molar-refractivity contribution >= 4 is 27.5 Å². The van der Waals surface area contributed by atoms with Gasteiger partial charge >= 0.3 is 0 Å². The Morgan fingerprint density at radius 2 is 1.40 bits per heavy atom. The van der Waals surface area contributed by atoms with E-state index in [1.807, 2.05) is 55.5 Å². The largest absolute Gasteiger partial charge is 0.358 e. The molecule has 5 heteroatoms. The molecule has 5 aromatic rings. The van der Waals surface area contributed by atoms with Crippen molar-refractivity contribution in [1.82, 2.24) is 9.97 Å². The number of aryl methyl sites for hydroxylation is 2. The maximum Gasteiger partial charge on any atom is 0.273 e. The molecule has 2 N–H and O–H groups in total. The Kier molecular flexibility index (Phi) is 4.17. The summed E-state index contributed by atoms with van der Waals surface area (Å²) in [5.41, 5.74) is 7.05. The number of nitrogens with one attached hydrogen (secondary N) is 2. The van der Waals surface area contributed by atoms with Gasteiger partial charge in [0.15, 0.2) is 0 Å². The van der Waals surface area contributed by atoms with Crippen LogP contribution in [0.3, 0.4) is 0 Å². The molecule has 0 spiro atoms. The molecule has 1 unspecified atom stereocenters. The number of hydrogen-bond acceptors (Lipinski definition) is 2. The zero-order valence-electron chi connectivity index (χ0n) is 16.8. The first kappa shape index (κ1) is 18.2. The van der Waals surface area contributed by atoms with Crippen molar-refractivity contribution in [2.24, 2.45) is 0 Å². The zero-order chi connectivity index (χ0) is 20.8. The van der Waals surface area contributed by atoms with Gasteiger partial charge in [-0.2, -0.15) is 0 Å². The number of nitrogens with zero attached hydrogens (tertiary/aromatic N) is 1. The third-order valence-electron chi connectivity index (χ3n) is 5.97. The van der Waals surface area contributed by atoms with Crippen LogP contribution in [0.15, 0.2) is 72.8 Å². The Bertz CT molecular complexity index is 1410. The number of nitro groups is 1. The smallest absolute Gasteiger partial charge is 0.273 e. The number of fused-ring (bicyclic) bond motifs is 2. The lowest BCUT2D eigenvalue weighted by atomic mass is 9.84. The molecule has 0 saturated carbocycles. The van der Waals surface area contributed by atoms with Gasteiger partial charge in [0.05, 0.1) is 10.8 Å². The second kappa shape index (κ2) is 6.88. The first-order valence-corrected chi connectivity index (χ1v) is 9.94. The van der Waals surface area contributed by atoms with E-state index in [1.165, 1.54) is 0 Å². The fourth-order valence-corrected chi connectivity index (χ4v) is 4.62. The van der Waals surface area contributed by atoms with Gasteiger partial charge in [0, 0.05) is 44.8 Å². The molecule has 0 aliphatic rings. The van der Waals surface area contributed by atoms with Crippen LogP contribution in [0.1, 0.15) is 34.0 Å². The molecule has 2 aromatic heterocycles. The molecule has 148 valence electrons. The van der Waals surface area contributed by atoms with Gasteiger partial charge in [-0.05, 0) is 37.1 Å². The summed E-state index contributed by atoms with van der Waals surface area (Å²) in [6, 6.07) is 23.3. The minimum atomic E-state index is -0.296. The minimum Gasteiger partial charge on any atom is -0.358 e. The lowest BCUT2D eigenvalue weighted by molar-refractivity contribution is -0.385. The first-order valence-electron chi connectivity index (χ1n) is 9.94. The second-order valence-corrected chi connectivity index (χ2v) is 7.67. The summed E-state index contributed by atoms with van der Waals surface area (Å²) >= 11 is 0. The number of H-pyrrole nitrogens is 2. The predicted octanol–water partition coefficient (Wildman–Crippen LogP) is 6.35. The second-order valence-electron chi connectivity index (χ2n) is 7.67. The standard InChI is InChI=1S/C25H21N3O2/c1-15-17-9-3-6-12-20(17)27-25(15)24(19-11-5-8-14-22(19)28(29)30)23-16(2)26-21-13-7-4-10-18(21)23/h3-14,24,26-27H,1-2H3. The van der Waals surface area contributed by atoms with Crippen molar-refractivity contribution in [1.29, 1.82) is 0 Å². The van der Waals surface area contributed by atoms with E-state index in [0.29, 0.717) is 5.56 Å². The van der Waals surface area contributed by atoms with Crippen LogP contribution in [-0.4, -0.2) is 14.9 Å². The van der Waals surface area contributed by atoms with Crippen LogP contribution in [0.25, 0.3) is 21.8 Å². The maximum absolute atomic E-state index is 11.9. The highest BCUT2D eigenvalue weighted by Gasteiger charge is 2.31. The molecular formula is C25H21N3O2. The van der Waals surface area contributed by atoms with Crippen LogP contribution < -0.4 is 0 Å². The lowest BCUT2D eigenvalue weighted by Crippen LogP contribution is -2.09. The van der Waals surface area contributed by atoms with Crippen LogP contribution >= 0.6 is 0 Å². The van der Waals surface area contributed by atoms with Crippen molar-refractivity contribution in [2.75, 3.05) is 0 Å². The maximum atomic E-state index is 11.9. The first-order chi connectivity index (χ1) is 14.6. The topological polar surface area (TPSA) is 74.7 Å². The van der Waals surface area contributed by atoms with E-state index in [2.05, 4.69) is 29.0 Å². The average molecular weight is 395 g/mol. The van der Waals surface area contributed by atoms with Crippen LogP contribution in [0.5, 0.6) is 0 Å². The van der Waals surface area contributed by atoms with E-state index in [-0.39, 0.29) is 16.5 Å². The van der Waals surface area contributed by atoms with E-state index in [1.54, 1.807) is 12.1 Å². The third-order valence-corrected chi connectivity index (χ3v) is 5.97. The number of nitro benzene ring substituents is 1. The highest BCUT2D eigenvalue weighted by Crippen LogP contribution is 2.43. The van der Waals surface area contributed by atoms with Crippen molar-refractivity contribution in [3.05, 3.63) is 111 Å². The summed E-state index contributed by atoms with van der Waals surface area (Å²) in [4.78, 5) is 18.7. The SMILES string of the molecule is Cc1[nH]c2ccccc2c1C(c1ccccc1[N+](=O)[O-])c1[nH]c2ccccc2c1C. The van der Waals surface area contributed by atoms with Crippen LogP contribution in [0, 0.1) is 24.0 Å². The Balaban J connectivity index is 1.89. The van der Waals surface area contributed by atoms with E-state index in [0.717, 1.165) is 44.3 Å². The molecule has 30 heavy (non-hydrogen) atoms. The van der Waals surface area contributed by atoms with Crippen molar-refractivity contribution in [3.63, 3.8) is 0 Å². The Morgan fingerprint density at radius 3 is 2.10 bits per heavy atom. The van der Waals surface area contributed by atoms with E-state index in [9.17, 15) is 10.1 Å². The van der Waals surface area contributed by atoms with Crippen molar-refractivity contribution in [2.45, 2.75) is 19.8 Å². The zero-order valence-corrected chi connectivity index (χ0v) is 16.8. The third kappa shape index (κ3) is 2.70. The van der Waals surface area contributed by atoms with E-state index in [4.69, 9.17) is 0 Å². The highest BCUT2D eigenvalue weighted by molar-refractivity contribution is 5.89. The molecule has 0 aliphatic carbocycles. The molecule has 0 amide bonds. The Labute approximate surface area is 173 Å². The molecule has 0 fully saturated rings. The fourth-order valence-electron chi connectivity index (χ4n) is 4.62. The summed E-state index contributed by atoms with van der Waals surface area (Å²) in [5.74, 6) is -0.296. The summed E-state index contributed by atoms with van der Waals surface area (Å²) in [6.45, 7) is 4.12. The van der Waals surface area contributed by atoms with Gasteiger partial charge in [-0.3, -0.25) is 10.1 Å². The van der Waals surface area contributed by atoms with Crippen LogP contribution in [0.4, 0.5) is 5.69 Å². The Morgan fingerprint density at radius 1 is 0.800 bits per heavy atom. The molecule has 0 aliphatic heterocycles. The normalized spacial score (nSPS) is 12.5. The predicted molar refractivity (Wildman–Crippen MR) is 120 cm³/mol. The van der Waals surface area contributed by atoms with Gasteiger partial charge in [-0.15, -0.1) is 0 Å². The number of hydrogen-bond donors (Lipinski definition) is 2. The summed E-state index contributed by atoms with van der Waals surface area (Å²) < 4.78 is 0. The van der Waals surface area contributed by atoms with Crippen molar-refractivity contribution in [3.8, 4) is 0 Å². The monoisotopic (exact) mass is 395 g/mol. The lowest BCUT2D eigenvalue weighted by Gasteiger charge is -2.19. The highest BCUT2D eigenvalue weighted by atomic mass is 16.6. The fraction of sp³-hybridized carbons (Fsp3) is 0.120. The van der Waals surface area contributed by atoms with Gasteiger partial charge in [-0.25, -0.2) is 0 Å². The van der Waals surface area contributed by atoms with Gasteiger partial charge in [0.2, 0.25) is 0 Å². The molecule has 3 aromatic carbocycles. The molecular weight excluding hydrogens is 374 g/mol. The van der Waals surface area contributed by atoms with E-state index >= 15 is 0 Å². The number of benzene rings is 3. The molecule has 0 bridgehead atoms. The summed E-state index contributed by atoms with van der Waals surface area (Å²) in [6.07, 6.45) is 0. The van der Waals surface area contributed by atoms with Crippen LogP contribution in [0.2, 0.25) is 0 Å². The molecule has 5 rings (SSSR count). The molecule has 0 radical (unpaired) electrons. The minimum absolute atomic E-state index is 0.130. The summed E-state index contributed by atoms with van der Waals surface area (Å²) in [5, 5.41) is 14.1. The molecule has 5 nitrogen and oxygen atoms in total.